The van der Waals surface area contributed by atoms with Gasteiger partial charge in [0.2, 0.25) is 5.91 Å². The molecule has 3 nitrogen and oxygen atoms in total. The van der Waals surface area contributed by atoms with Crippen LogP contribution in [0.1, 0.15) is 44.1 Å². The highest BCUT2D eigenvalue weighted by Crippen LogP contribution is 2.23. The molecule has 2 aliphatic heterocycles. The number of halogens is 1. The molecule has 0 atom stereocenters. The largest absolute Gasteiger partial charge is 0.342 e. The van der Waals surface area contributed by atoms with Gasteiger partial charge in [-0.2, -0.15) is 0 Å². The summed E-state index contributed by atoms with van der Waals surface area (Å²) in [4.78, 5) is 17.1. The fraction of sp³-hybridized carbons (Fsp3) is 0.632. The van der Waals surface area contributed by atoms with Crippen molar-refractivity contribution in [3.63, 3.8) is 0 Å². The topological polar surface area (TPSA) is 23.6 Å². The van der Waals surface area contributed by atoms with Gasteiger partial charge in [-0.15, -0.1) is 0 Å². The van der Waals surface area contributed by atoms with Crippen molar-refractivity contribution in [3.8, 4) is 0 Å². The lowest BCUT2D eigenvalue weighted by Gasteiger charge is -2.34. The molecule has 0 aliphatic carbocycles. The molecule has 2 aliphatic rings. The highest BCUT2D eigenvalue weighted by molar-refractivity contribution is 5.79. The van der Waals surface area contributed by atoms with Crippen molar-refractivity contribution in [3.05, 3.63) is 35.6 Å². The summed E-state index contributed by atoms with van der Waals surface area (Å²) in [5, 5.41) is 0. The van der Waals surface area contributed by atoms with Crippen molar-refractivity contribution >= 4 is 5.91 Å². The van der Waals surface area contributed by atoms with E-state index in [0.717, 1.165) is 64.0 Å². The van der Waals surface area contributed by atoms with Gasteiger partial charge in [0.05, 0.1) is 0 Å². The Morgan fingerprint density at radius 3 is 2.39 bits per heavy atom. The lowest BCUT2D eigenvalue weighted by molar-refractivity contribution is -0.137. The molecule has 2 heterocycles. The Bertz CT molecular complexity index is 518. The van der Waals surface area contributed by atoms with Crippen LogP contribution in [-0.4, -0.2) is 41.9 Å². The Balaban J connectivity index is 1.48. The predicted molar refractivity (Wildman–Crippen MR) is 89.4 cm³/mol. The summed E-state index contributed by atoms with van der Waals surface area (Å²) < 4.78 is 13.3. The zero-order chi connectivity index (χ0) is 16.1. The highest BCUT2D eigenvalue weighted by Gasteiger charge is 2.28. The first kappa shape index (κ1) is 16.4. The summed E-state index contributed by atoms with van der Waals surface area (Å²) >= 11 is 0. The third kappa shape index (κ3) is 4.54. The van der Waals surface area contributed by atoms with Crippen LogP contribution < -0.4 is 0 Å². The average Bonchev–Trinajstić information content (AvgIpc) is 2.84. The molecule has 126 valence electrons. The number of benzene rings is 1. The van der Waals surface area contributed by atoms with Crippen molar-refractivity contribution in [2.45, 2.75) is 45.1 Å². The van der Waals surface area contributed by atoms with E-state index in [1.807, 2.05) is 6.07 Å². The SMILES string of the molecule is O=C(C1CCN(Cc2cccc(F)c2)CC1)N1CCCCCC1. The number of piperidine rings is 1. The van der Waals surface area contributed by atoms with E-state index in [0.29, 0.717) is 5.91 Å². The molecule has 0 N–H and O–H groups in total. The van der Waals surface area contributed by atoms with E-state index in [2.05, 4.69) is 9.80 Å². The van der Waals surface area contributed by atoms with Gasteiger partial charge in [-0.05, 0) is 56.5 Å². The van der Waals surface area contributed by atoms with Gasteiger partial charge in [0, 0.05) is 25.6 Å². The summed E-state index contributed by atoms with van der Waals surface area (Å²) in [7, 11) is 0. The molecule has 0 bridgehead atoms. The Hall–Kier alpha value is -1.42. The van der Waals surface area contributed by atoms with Gasteiger partial charge in [0.25, 0.3) is 0 Å². The van der Waals surface area contributed by atoms with Gasteiger partial charge < -0.3 is 4.90 Å². The Labute approximate surface area is 138 Å². The van der Waals surface area contributed by atoms with Gasteiger partial charge >= 0.3 is 0 Å². The molecule has 0 spiro atoms. The molecule has 23 heavy (non-hydrogen) atoms. The molecule has 0 radical (unpaired) electrons. The van der Waals surface area contributed by atoms with Crippen molar-refractivity contribution in [1.82, 2.24) is 9.80 Å². The fourth-order valence-corrected chi connectivity index (χ4v) is 3.78. The second-order valence-corrected chi connectivity index (χ2v) is 6.92. The first-order valence-electron chi connectivity index (χ1n) is 8.98. The minimum absolute atomic E-state index is 0.172. The molecule has 1 amide bonds. The van der Waals surface area contributed by atoms with Crippen molar-refractivity contribution < 1.29 is 9.18 Å². The van der Waals surface area contributed by atoms with Gasteiger partial charge in [-0.3, -0.25) is 9.69 Å². The molecule has 1 aromatic rings. The van der Waals surface area contributed by atoms with Gasteiger partial charge in [-0.25, -0.2) is 4.39 Å². The summed E-state index contributed by atoms with van der Waals surface area (Å²) in [6, 6.07) is 6.82. The minimum atomic E-state index is -0.172. The monoisotopic (exact) mass is 318 g/mol. The van der Waals surface area contributed by atoms with Crippen LogP contribution in [-0.2, 0) is 11.3 Å². The Morgan fingerprint density at radius 1 is 1.04 bits per heavy atom. The maximum atomic E-state index is 13.3. The molecular weight excluding hydrogens is 291 g/mol. The third-order valence-electron chi connectivity index (χ3n) is 5.15. The summed E-state index contributed by atoms with van der Waals surface area (Å²) in [5.74, 6) is 0.392. The smallest absolute Gasteiger partial charge is 0.225 e. The van der Waals surface area contributed by atoms with E-state index in [1.165, 1.54) is 18.9 Å². The number of hydrogen-bond acceptors (Lipinski definition) is 2. The number of carbonyl (C=O) groups is 1. The molecule has 0 aromatic heterocycles. The van der Waals surface area contributed by atoms with Gasteiger partial charge in [0.1, 0.15) is 5.82 Å². The van der Waals surface area contributed by atoms with E-state index in [1.54, 1.807) is 12.1 Å². The first-order chi connectivity index (χ1) is 11.2. The van der Waals surface area contributed by atoms with E-state index in [4.69, 9.17) is 0 Å². The van der Waals surface area contributed by atoms with Gasteiger partial charge in [0.15, 0.2) is 0 Å². The molecule has 0 saturated carbocycles. The summed E-state index contributed by atoms with van der Waals surface area (Å²) in [5.41, 5.74) is 1.02. The average molecular weight is 318 g/mol. The minimum Gasteiger partial charge on any atom is -0.342 e. The van der Waals surface area contributed by atoms with Crippen LogP contribution in [0, 0.1) is 11.7 Å². The number of amides is 1. The predicted octanol–water partition coefficient (Wildman–Crippen LogP) is 3.44. The van der Waals surface area contributed by atoms with Crippen LogP contribution in [0.3, 0.4) is 0 Å². The van der Waals surface area contributed by atoms with E-state index >= 15 is 0 Å². The highest BCUT2D eigenvalue weighted by atomic mass is 19.1. The first-order valence-corrected chi connectivity index (χ1v) is 8.98. The van der Waals surface area contributed by atoms with E-state index in [-0.39, 0.29) is 11.7 Å². The number of rotatable bonds is 3. The number of hydrogen-bond donors (Lipinski definition) is 0. The van der Waals surface area contributed by atoms with Crippen LogP contribution in [0.5, 0.6) is 0 Å². The Kier molecular flexibility index (Phi) is 5.65. The lowest BCUT2D eigenvalue weighted by atomic mass is 9.94. The maximum absolute atomic E-state index is 13.3. The second kappa shape index (κ2) is 7.91. The molecule has 1 aromatic carbocycles. The van der Waals surface area contributed by atoms with Crippen molar-refractivity contribution in [2.24, 2.45) is 5.92 Å². The number of carbonyl (C=O) groups excluding carboxylic acids is 1. The normalized spacial score (nSPS) is 21.2. The maximum Gasteiger partial charge on any atom is 0.225 e. The fourth-order valence-electron chi connectivity index (χ4n) is 3.78. The summed E-state index contributed by atoms with van der Waals surface area (Å²) in [6.07, 6.45) is 6.70. The quantitative estimate of drug-likeness (QED) is 0.852. The Morgan fingerprint density at radius 2 is 1.74 bits per heavy atom. The van der Waals surface area contributed by atoms with Crippen molar-refractivity contribution in [1.29, 1.82) is 0 Å². The number of nitrogens with zero attached hydrogens (tertiary/aromatic N) is 2. The molecule has 0 unspecified atom stereocenters. The zero-order valence-electron chi connectivity index (χ0n) is 13.8. The van der Waals surface area contributed by atoms with Gasteiger partial charge in [-0.1, -0.05) is 25.0 Å². The molecule has 3 rings (SSSR count). The van der Waals surface area contributed by atoms with Crippen LogP contribution >= 0.6 is 0 Å². The van der Waals surface area contributed by atoms with Crippen LogP contribution in [0.15, 0.2) is 24.3 Å². The van der Waals surface area contributed by atoms with E-state index < -0.39 is 0 Å². The molecule has 4 heteroatoms. The zero-order valence-corrected chi connectivity index (χ0v) is 13.8. The standard InChI is InChI=1S/C19H27FN2O/c20-18-7-5-6-16(14-18)15-21-12-8-17(9-13-21)19(23)22-10-3-1-2-4-11-22/h5-7,14,17H,1-4,8-13,15H2. The molecular formula is C19H27FN2O. The molecule has 2 fully saturated rings. The summed E-state index contributed by atoms with van der Waals surface area (Å²) in [6.45, 7) is 4.54. The van der Waals surface area contributed by atoms with Crippen molar-refractivity contribution in [2.75, 3.05) is 26.2 Å². The molecule has 2 saturated heterocycles. The van der Waals surface area contributed by atoms with Crippen LogP contribution in [0.2, 0.25) is 0 Å². The second-order valence-electron chi connectivity index (χ2n) is 6.92. The van der Waals surface area contributed by atoms with Crippen LogP contribution in [0.4, 0.5) is 4.39 Å². The lowest BCUT2D eigenvalue weighted by Crippen LogP contribution is -2.42. The third-order valence-corrected chi connectivity index (χ3v) is 5.15. The van der Waals surface area contributed by atoms with Crippen LogP contribution in [0.25, 0.3) is 0 Å². The van der Waals surface area contributed by atoms with E-state index in [9.17, 15) is 9.18 Å². The number of likely N-dealkylation sites (tertiary alicyclic amines) is 2.